The average Bonchev–Trinajstić information content (AvgIpc) is 2.99. The molecule has 0 unspecified atom stereocenters. The van der Waals surface area contributed by atoms with Gasteiger partial charge in [0.15, 0.2) is 0 Å². The van der Waals surface area contributed by atoms with E-state index in [1.165, 1.54) is 37.6 Å². The summed E-state index contributed by atoms with van der Waals surface area (Å²) in [4.78, 5) is 17.6. The Morgan fingerprint density at radius 2 is 1.95 bits per heavy atom. The van der Waals surface area contributed by atoms with Crippen molar-refractivity contribution >= 4 is 33.0 Å². The fraction of sp³-hybridized carbons (Fsp3) is 0.214. The van der Waals surface area contributed by atoms with Gasteiger partial charge in [-0.2, -0.15) is 0 Å². The lowest BCUT2D eigenvalue weighted by Crippen LogP contribution is -2.25. The third-order valence-corrected chi connectivity index (χ3v) is 5.52. The molecule has 1 amide bonds. The normalized spacial score (nSPS) is 11.6. The van der Waals surface area contributed by atoms with Crippen molar-refractivity contribution < 1.29 is 18.0 Å². The number of sulfonamides is 1. The molecule has 2 rings (SSSR count). The Kier molecular flexibility index (Phi) is 5.30. The lowest BCUT2D eigenvalue weighted by molar-refractivity contribution is -0.115. The van der Waals surface area contributed by atoms with Crippen LogP contribution in [0.1, 0.15) is 4.88 Å². The molecule has 6 nitrogen and oxygen atoms in total. The van der Waals surface area contributed by atoms with Crippen molar-refractivity contribution in [1.29, 1.82) is 0 Å². The zero-order valence-corrected chi connectivity index (χ0v) is 13.8. The van der Waals surface area contributed by atoms with Crippen molar-refractivity contribution in [1.82, 2.24) is 4.47 Å². The fourth-order valence-electron chi connectivity index (χ4n) is 1.73. The van der Waals surface area contributed by atoms with E-state index in [2.05, 4.69) is 5.32 Å². The summed E-state index contributed by atoms with van der Waals surface area (Å²) in [5, 5.41) is 4.64. The summed E-state index contributed by atoms with van der Waals surface area (Å²) < 4.78 is 24.8. The number of amides is 1. The van der Waals surface area contributed by atoms with Crippen LogP contribution in [-0.2, 0) is 26.1 Å². The van der Waals surface area contributed by atoms with Gasteiger partial charge in [-0.05, 0) is 35.7 Å². The molecule has 1 heterocycles. The fourth-order valence-corrected chi connectivity index (χ4v) is 3.41. The quantitative estimate of drug-likeness (QED) is 0.817. The van der Waals surface area contributed by atoms with Gasteiger partial charge >= 0.3 is 0 Å². The number of benzene rings is 1. The second-order valence-electron chi connectivity index (χ2n) is 4.43. The average molecular weight is 340 g/mol. The van der Waals surface area contributed by atoms with E-state index in [4.69, 9.17) is 4.84 Å². The predicted molar refractivity (Wildman–Crippen MR) is 85.1 cm³/mol. The van der Waals surface area contributed by atoms with Crippen molar-refractivity contribution in [2.75, 3.05) is 19.5 Å². The van der Waals surface area contributed by atoms with Crippen molar-refractivity contribution in [3.8, 4) is 0 Å². The molecule has 0 aliphatic carbocycles. The van der Waals surface area contributed by atoms with Crippen LogP contribution in [0.3, 0.4) is 0 Å². The van der Waals surface area contributed by atoms with Crippen LogP contribution in [0, 0.1) is 0 Å². The van der Waals surface area contributed by atoms with E-state index in [-0.39, 0.29) is 10.8 Å². The Morgan fingerprint density at radius 1 is 1.27 bits per heavy atom. The summed E-state index contributed by atoms with van der Waals surface area (Å²) in [5.41, 5.74) is 0.542. The zero-order valence-electron chi connectivity index (χ0n) is 12.1. The Labute approximate surface area is 133 Å². The van der Waals surface area contributed by atoms with E-state index < -0.39 is 10.0 Å². The smallest absolute Gasteiger partial charge is 0.264 e. The first kappa shape index (κ1) is 16.6. The number of carbonyl (C=O) groups is 1. The SMILES string of the molecule is CON(C)S(=O)(=O)c1ccc(NC(=O)Cc2cccs2)cc1. The maximum absolute atomic E-state index is 12.0. The van der Waals surface area contributed by atoms with Crippen molar-refractivity contribution in [3.05, 3.63) is 46.7 Å². The van der Waals surface area contributed by atoms with Gasteiger partial charge in [0, 0.05) is 17.6 Å². The van der Waals surface area contributed by atoms with E-state index in [1.807, 2.05) is 17.5 Å². The molecule has 0 saturated heterocycles. The lowest BCUT2D eigenvalue weighted by atomic mass is 10.3. The van der Waals surface area contributed by atoms with Crippen LogP contribution in [0.5, 0.6) is 0 Å². The Balaban J connectivity index is 2.04. The Bertz CT molecular complexity index is 725. The van der Waals surface area contributed by atoms with Gasteiger partial charge in [-0.15, -0.1) is 11.3 Å². The largest absolute Gasteiger partial charge is 0.326 e. The number of nitrogens with zero attached hydrogens (tertiary/aromatic N) is 1. The van der Waals surface area contributed by atoms with Gasteiger partial charge in [0.25, 0.3) is 10.0 Å². The number of rotatable bonds is 6. The summed E-state index contributed by atoms with van der Waals surface area (Å²) >= 11 is 1.51. The molecule has 0 fully saturated rings. The van der Waals surface area contributed by atoms with Gasteiger partial charge in [0.1, 0.15) is 0 Å². The van der Waals surface area contributed by atoms with Crippen LogP contribution in [0.25, 0.3) is 0 Å². The number of anilines is 1. The van der Waals surface area contributed by atoms with Crippen LogP contribution < -0.4 is 5.32 Å². The highest BCUT2D eigenvalue weighted by molar-refractivity contribution is 7.89. The van der Waals surface area contributed by atoms with E-state index in [1.54, 1.807) is 12.1 Å². The molecule has 118 valence electrons. The summed E-state index contributed by atoms with van der Waals surface area (Å²) in [6.07, 6.45) is 0.296. The van der Waals surface area contributed by atoms with E-state index in [9.17, 15) is 13.2 Å². The van der Waals surface area contributed by atoms with Crippen LogP contribution in [0.4, 0.5) is 5.69 Å². The maximum Gasteiger partial charge on any atom is 0.264 e. The number of hydroxylamine groups is 1. The number of nitrogens with one attached hydrogen (secondary N) is 1. The first-order chi connectivity index (χ1) is 10.4. The topological polar surface area (TPSA) is 75.7 Å². The standard InChI is InChI=1S/C14H16N2O4S2/c1-16(20-2)22(18,19)13-7-5-11(6-8-13)15-14(17)10-12-4-3-9-21-12/h3-9H,10H2,1-2H3,(H,15,17). The van der Waals surface area contributed by atoms with E-state index in [0.29, 0.717) is 12.1 Å². The minimum absolute atomic E-state index is 0.0908. The van der Waals surface area contributed by atoms with Gasteiger partial charge in [0.05, 0.1) is 18.4 Å². The third-order valence-electron chi connectivity index (χ3n) is 2.95. The first-order valence-electron chi connectivity index (χ1n) is 6.39. The molecule has 8 heteroatoms. The number of hydrogen-bond acceptors (Lipinski definition) is 5. The molecular weight excluding hydrogens is 324 g/mol. The van der Waals surface area contributed by atoms with E-state index in [0.717, 1.165) is 9.35 Å². The maximum atomic E-state index is 12.0. The minimum Gasteiger partial charge on any atom is -0.326 e. The van der Waals surface area contributed by atoms with Crippen LogP contribution in [-0.4, -0.2) is 33.0 Å². The molecule has 0 saturated carbocycles. The molecule has 0 aliphatic heterocycles. The van der Waals surface area contributed by atoms with Crippen LogP contribution >= 0.6 is 11.3 Å². The number of hydrogen-bond donors (Lipinski definition) is 1. The highest BCUT2D eigenvalue weighted by Crippen LogP contribution is 2.18. The Hall–Kier alpha value is -1.74. The third kappa shape index (κ3) is 3.92. The van der Waals surface area contributed by atoms with Gasteiger partial charge in [-0.25, -0.2) is 8.42 Å². The van der Waals surface area contributed by atoms with Gasteiger partial charge in [-0.1, -0.05) is 10.5 Å². The highest BCUT2D eigenvalue weighted by Gasteiger charge is 2.20. The zero-order chi connectivity index (χ0) is 16.2. The predicted octanol–water partition coefficient (Wildman–Crippen LogP) is 2.11. The lowest BCUT2D eigenvalue weighted by Gasteiger charge is -2.14. The second kappa shape index (κ2) is 7.01. The van der Waals surface area contributed by atoms with Crippen molar-refractivity contribution in [3.63, 3.8) is 0 Å². The monoisotopic (exact) mass is 340 g/mol. The van der Waals surface area contributed by atoms with Crippen molar-refractivity contribution in [2.45, 2.75) is 11.3 Å². The molecule has 2 aromatic rings. The number of thiophene rings is 1. The highest BCUT2D eigenvalue weighted by atomic mass is 32.2. The second-order valence-corrected chi connectivity index (χ2v) is 7.39. The summed E-state index contributed by atoms with van der Waals surface area (Å²) in [6, 6.07) is 9.71. The molecule has 1 N–H and O–H groups in total. The molecule has 22 heavy (non-hydrogen) atoms. The molecule has 0 atom stereocenters. The molecule has 0 radical (unpaired) electrons. The van der Waals surface area contributed by atoms with Crippen LogP contribution in [0.15, 0.2) is 46.7 Å². The molecule has 0 bridgehead atoms. The van der Waals surface area contributed by atoms with E-state index >= 15 is 0 Å². The summed E-state index contributed by atoms with van der Waals surface area (Å²) in [6.45, 7) is 0. The van der Waals surface area contributed by atoms with Gasteiger partial charge in [0.2, 0.25) is 5.91 Å². The molecule has 1 aromatic heterocycles. The van der Waals surface area contributed by atoms with Gasteiger partial charge in [-0.3, -0.25) is 9.63 Å². The van der Waals surface area contributed by atoms with Crippen LogP contribution in [0.2, 0.25) is 0 Å². The van der Waals surface area contributed by atoms with Crippen molar-refractivity contribution in [2.24, 2.45) is 0 Å². The molecule has 0 aliphatic rings. The summed E-state index contributed by atoms with van der Waals surface area (Å²) in [7, 11) is -1.09. The first-order valence-corrected chi connectivity index (χ1v) is 8.71. The molecule has 0 spiro atoms. The van der Waals surface area contributed by atoms with Gasteiger partial charge < -0.3 is 5.32 Å². The minimum atomic E-state index is -3.68. The summed E-state index contributed by atoms with van der Waals surface area (Å²) in [5.74, 6) is -0.146. The Morgan fingerprint density at radius 3 is 2.50 bits per heavy atom. The molecule has 1 aromatic carbocycles. The molecular formula is C14H16N2O4S2. The number of carbonyl (C=O) groups excluding carboxylic acids is 1.